The van der Waals surface area contributed by atoms with Crippen molar-refractivity contribution < 1.29 is 9.59 Å². The Morgan fingerprint density at radius 1 is 1.12 bits per heavy atom. The van der Waals surface area contributed by atoms with Gasteiger partial charge in [-0.25, -0.2) is 4.98 Å². The summed E-state index contributed by atoms with van der Waals surface area (Å²) >= 11 is 0. The largest absolute Gasteiger partial charge is 0.348 e. The quantitative estimate of drug-likeness (QED) is 0.558. The van der Waals surface area contributed by atoms with E-state index >= 15 is 0 Å². The van der Waals surface area contributed by atoms with Crippen LogP contribution < -0.4 is 16.2 Å². The molecule has 0 saturated heterocycles. The molecule has 1 aliphatic rings. The van der Waals surface area contributed by atoms with Gasteiger partial charge in [-0.1, -0.05) is 68.4 Å². The SMILES string of the molecule is CC[C@@H](C)C(=O)Nc1cnc(-c2ccccc2)n(CC(=O)NC2CCCc3ccccc32)c1=O. The summed E-state index contributed by atoms with van der Waals surface area (Å²) in [5.74, 6) is -0.375. The number of carbonyl (C=O) groups excluding carboxylic acids is 2. The monoisotopic (exact) mass is 458 g/mol. The van der Waals surface area contributed by atoms with Gasteiger partial charge in [0.1, 0.15) is 18.1 Å². The highest BCUT2D eigenvalue weighted by atomic mass is 16.2. The van der Waals surface area contributed by atoms with Crippen molar-refractivity contribution in [2.75, 3.05) is 5.32 Å². The van der Waals surface area contributed by atoms with Crippen LogP contribution in [0, 0.1) is 5.92 Å². The molecule has 1 aromatic heterocycles. The number of carbonyl (C=O) groups is 2. The number of aromatic nitrogens is 2. The summed E-state index contributed by atoms with van der Waals surface area (Å²) < 4.78 is 1.34. The number of anilines is 1. The maximum Gasteiger partial charge on any atom is 0.278 e. The number of hydrogen-bond acceptors (Lipinski definition) is 4. The molecule has 3 aromatic rings. The molecule has 0 bridgehead atoms. The van der Waals surface area contributed by atoms with Gasteiger partial charge in [0, 0.05) is 11.5 Å². The summed E-state index contributed by atoms with van der Waals surface area (Å²) in [6.45, 7) is 3.52. The zero-order valence-electron chi connectivity index (χ0n) is 19.6. The van der Waals surface area contributed by atoms with Gasteiger partial charge in [0.2, 0.25) is 11.8 Å². The maximum absolute atomic E-state index is 13.4. The molecule has 2 aromatic carbocycles. The first-order valence-corrected chi connectivity index (χ1v) is 11.8. The van der Waals surface area contributed by atoms with E-state index < -0.39 is 5.56 Å². The highest BCUT2D eigenvalue weighted by molar-refractivity contribution is 5.92. The first kappa shape index (κ1) is 23.4. The molecule has 7 heteroatoms. The third-order valence-electron chi connectivity index (χ3n) is 6.40. The van der Waals surface area contributed by atoms with Crippen LogP contribution >= 0.6 is 0 Å². The second-order valence-electron chi connectivity index (χ2n) is 8.76. The van der Waals surface area contributed by atoms with Crippen molar-refractivity contribution in [3.63, 3.8) is 0 Å². The first-order chi connectivity index (χ1) is 16.5. The second kappa shape index (κ2) is 10.5. The van der Waals surface area contributed by atoms with Crippen molar-refractivity contribution in [3.05, 3.63) is 82.3 Å². The normalized spacial score (nSPS) is 15.8. The van der Waals surface area contributed by atoms with Gasteiger partial charge < -0.3 is 10.6 Å². The van der Waals surface area contributed by atoms with Gasteiger partial charge >= 0.3 is 0 Å². The Morgan fingerprint density at radius 3 is 2.62 bits per heavy atom. The van der Waals surface area contributed by atoms with Crippen molar-refractivity contribution in [1.82, 2.24) is 14.9 Å². The molecular weight excluding hydrogens is 428 g/mol. The Hall–Kier alpha value is -3.74. The average molecular weight is 459 g/mol. The molecule has 1 unspecified atom stereocenters. The molecule has 0 fully saturated rings. The highest BCUT2D eigenvalue weighted by Gasteiger charge is 2.23. The fourth-order valence-electron chi connectivity index (χ4n) is 4.27. The van der Waals surface area contributed by atoms with E-state index in [-0.39, 0.29) is 36.0 Å². The third-order valence-corrected chi connectivity index (χ3v) is 6.40. The molecule has 2 amide bonds. The summed E-state index contributed by atoms with van der Waals surface area (Å²) in [4.78, 5) is 43.3. The van der Waals surface area contributed by atoms with Crippen LogP contribution in [0.2, 0.25) is 0 Å². The molecule has 34 heavy (non-hydrogen) atoms. The van der Waals surface area contributed by atoms with E-state index in [0.29, 0.717) is 12.2 Å². The number of nitrogens with zero attached hydrogens (tertiary/aromatic N) is 2. The molecule has 0 saturated carbocycles. The lowest BCUT2D eigenvalue weighted by molar-refractivity contribution is -0.122. The van der Waals surface area contributed by atoms with Crippen LogP contribution in [0.1, 0.15) is 50.3 Å². The van der Waals surface area contributed by atoms with E-state index in [2.05, 4.69) is 21.7 Å². The molecule has 2 N–H and O–H groups in total. The van der Waals surface area contributed by atoms with E-state index in [9.17, 15) is 14.4 Å². The molecule has 7 nitrogen and oxygen atoms in total. The lowest BCUT2D eigenvalue weighted by Gasteiger charge is -2.26. The van der Waals surface area contributed by atoms with Crippen LogP contribution in [0.15, 0.2) is 65.6 Å². The molecule has 2 atom stereocenters. The number of amides is 2. The number of nitrogens with one attached hydrogen (secondary N) is 2. The molecule has 176 valence electrons. The lowest BCUT2D eigenvalue weighted by atomic mass is 9.88. The topological polar surface area (TPSA) is 93.1 Å². The van der Waals surface area contributed by atoms with Crippen molar-refractivity contribution in [2.24, 2.45) is 5.92 Å². The van der Waals surface area contributed by atoms with Crippen LogP contribution in [0.3, 0.4) is 0 Å². The Kier molecular flexibility index (Phi) is 7.21. The van der Waals surface area contributed by atoms with Crippen molar-refractivity contribution >= 4 is 17.5 Å². The van der Waals surface area contributed by atoms with E-state index in [4.69, 9.17) is 0 Å². The fraction of sp³-hybridized carbons (Fsp3) is 0.333. The van der Waals surface area contributed by atoms with Crippen molar-refractivity contribution in [3.8, 4) is 11.4 Å². The van der Waals surface area contributed by atoms with Crippen LogP contribution in [0.4, 0.5) is 5.69 Å². The standard InChI is InChI=1S/C27H30N4O3/c1-3-18(2)26(33)30-23-16-28-25(20-11-5-4-6-12-20)31(27(23)34)17-24(32)29-22-15-9-13-19-10-7-8-14-21(19)22/h4-8,10-12,14,16,18,22H,3,9,13,15,17H2,1-2H3,(H,29,32)(H,30,33)/t18-,22?/m1/s1. The molecular formula is C27H30N4O3. The predicted octanol–water partition coefficient (Wildman–Crippen LogP) is 4.09. The number of aryl methyl sites for hydroxylation is 1. The third kappa shape index (κ3) is 5.09. The number of rotatable bonds is 7. The van der Waals surface area contributed by atoms with Crippen molar-refractivity contribution in [2.45, 2.75) is 52.1 Å². The molecule has 0 radical (unpaired) electrons. The second-order valence-corrected chi connectivity index (χ2v) is 8.76. The molecule has 0 aliphatic heterocycles. The van der Waals surface area contributed by atoms with E-state index in [1.54, 1.807) is 6.92 Å². The number of benzene rings is 2. The zero-order valence-corrected chi connectivity index (χ0v) is 19.6. The van der Waals surface area contributed by atoms with Crippen LogP contribution in [-0.4, -0.2) is 21.4 Å². The number of fused-ring (bicyclic) bond motifs is 1. The molecule has 1 heterocycles. The van der Waals surface area contributed by atoms with Crippen LogP contribution in [0.5, 0.6) is 0 Å². The van der Waals surface area contributed by atoms with Crippen LogP contribution in [-0.2, 0) is 22.6 Å². The Morgan fingerprint density at radius 2 is 1.85 bits per heavy atom. The summed E-state index contributed by atoms with van der Waals surface area (Å²) in [5.41, 5.74) is 2.71. The van der Waals surface area contributed by atoms with Gasteiger partial charge in [-0.05, 0) is 36.8 Å². The van der Waals surface area contributed by atoms with Gasteiger partial charge in [-0.3, -0.25) is 19.0 Å². The smallest absolute Gasteiger partial charge is 0.278 e. The van der Waals surface area contributed by atoms with E-state index in [1.807, 2.05) is 55.5 Å². The Labute approximate surface area is 199 Å². The number of hydrogen-bond donors (Lipinski definition) is 2. The zero-order chi connectivity index (χ0) is 24.1. The van der Waals surface area contributed by atoms with Gasteiger partial charge in [0.25, 0.3) is 5.56 Å². The average Bonchev–Trinajstić information content (AvgIpc) is 2.86. The maximum atomic E-state index is 13.4. The fourth-order valence-corrected chi connectivity index (χ4v) is 4.27. The Bertz CT molecular complexity index is 1240. The highest BCUT2D eigenvalue weighted by Crippen LogP contribution is 2.29. The summed E-state index contributed by atoms with van der Waals surface area (Å²) in [6, 6.07) is 17.3. The van der Waals surface area contributed by atoms with Gasteiger partial charge in [-0.2, -0.15) is 0 Å². The summed E-state index contributed by atoms with van der Waals surface area (Å²) in [7, 11) is 0. The summed E-state index contributed by atoms with van der Waals surface area (Å²) in [5, 5.41) is 5.78. The van der Waals surface area contributed by atoms with E-state index in [1.165, 1.54) is 16.3 Å². The van der Waals surface area contributed by atoms with Gasteiger partial charge in [0.05, 0.1) is 12.2 Å². The minimum atomic E-state index is -0.454. The van der Waals surface area contributed by atoms with E-state index in [0.717, 1.165) is 30.4 Å². The first-order valence-electron chi connectivity index (χ1n) is 11.8. The minimum absolute atomic E-state index is 0.0702. The Balaban J connectivity index is 1.63. The predicted molar refractivity (Wildman–Crippen MR) is 132 cm³/mol. The molecule has 0 spiro atoms. The van der Waals surface area contributed by atoms with Crippen LogP contribution in [0.25, 0.3) is 11.4 Å². The van der Waals surface area contributed by atoms with Gasteiger partial charge in [0.15, 0.2) is 0 Å². The molecule has 4 rings (SSSR count). The lowest BCUT2D eigenvalue weighted by Crippen LogP contribution is -2.37. The summed E-state index contributed by atoms with van der Waals surface area (Å²) in [6.07, 6.45) is 4.88. The van der Waals surface area contributed by atoms with Gasteiger partial charge in [-0.15, -0.1) is 0 Å². The minimum Gasteiger partial charge on any atom is -0.348 e. The molecule has 1 aliphatic carbocycles. The van der Waals surface area contributed by atoms with Crippen molar-refractivity contribution in [1.29, 1.82) is 0 Å².